The molecule has 10 heteroatoms. The third-order valence-corrected chi connectivity index (χ3v) is 8.45. The van der Waals surface area contributed by atoms with Crippen LogP contribution < -0.4 is 11.1 Å². The summed E-state index contributed by atoms with van der Waals surface area (Å²) in [7, 11) is 0. The van der Waals surface area contributed by atoms with Crippen molar-refractivity contribution in [2.75, 3.05) is 11.9 Å². The van der Waals surface area contributed by atoms with E-state index in [4.69, 9.17) is 17.3 Å². The Morgan fingerprint density at radius 1 is 1.18 bits per heavy atom. The summed E-state index contributed by atoms with van der Waals surface area (Å²) in [5.74, 6) is -1.86. The van der Waals surface area contributed by atoms with Gasteiger partial charge in [0, 0.05) is 51.6 Å². The van der Waals surface area contributed by atoms with E-state index in [1.807, 2.05) is 19.1 Å². The van der Waals surface area contributed by atoms with Crippen LogP contribution in [-0.4, -0.2) is 34.2 Å². The molecule has 1 aromatic heterocycles. The Kier molecular flexibility index (Phi) is 8.05. The quantitative estimate of drug-likeness (QED) is 0.324. The zero-order valence-electron chi connectivity index (χ0n) is 21.7. The molecule has 0 saturated heterocycles. The minimum absolute atomic E-state index is 0.00398. The Bertz CT molecular complexity index is 1560. The molecule has 5 rings (SSSR count). The van der Waals surface area contributed by atoms with Crippen molar-refractivity contribution >= 4 is 56.5 Å². The van der Waals surface area contributed by atoms with E-state index in [0.717, 1.165) is 5.56 Å². The molecule has 2 atom stereocenters. The van der Waals surface area contributed by atoms with Gasteiger partial charge in [0.15, 0.2) is 0 Å². The molecule has 1 unspecified atom stereocenters. The number of hydrogen-bond donors (Lipinski definition) is 2. The Balaban J connectivity index is 1.54. The summed E-state index contributed by atoms with van der Waals surface area (Å²) in [6.45, 7) is 2.22. The van der Waals surface area contributed by atoms with Gasteiger partial charge in [0.05, 0.1) is 16.8 Å². The Morgan fingerprint density at radius 2 is 1.98 bits per heavy atom. The highest BCUT2D eigenvalue weighted by Gasteiger charge is 2.31. The lowest BCUT2D eigenvalue weighted by atomic mass is 9.92. The number of nitrogens with one attached hydrogen (secondary N) is 1. The van der Waals surface area contributed by atoms with Crippen LogP contribution in [0.25, 0.3) is 16.7 Å². The van der Waals surface area contributed by atoms with Gasteiger partial charge in [-0.05, 0) is 66.8 Å². The first-order chi connectivity index (χ1) is 19.1. The van der Waals surface area contributed by atoms with Gasteiger partial charge < -0.3 is 16.0 Å². The number of carbonyl (C=O) groups is 3. The van der Waals surface area contributed by atoms with E-state index < -0.39 is 11.7 Å². The first kappa shape index (κ1) is 28.0. The molecule has 0 saturated carbocycles. The normalized spacial score (nSPS) is 19.6. The maximum atomic E-state index is 14.9. The van der Waals surface area contributed by atoms with E-state index in [-0.39, 0.29) is 34.4 Å². The monoisotopic (exact) mass is 624 g/mol. The molecule has 2 aliphatic heterocycles. The van der Waals surface area contributed by atoms with Gasteiger partial charge in [-0.1, -0.05) is 46.9 Å². The molecule has 3 amide bonds. The number of hydrogen-bond acceptors (Lipinski definition) is 4. The van der Waals surface area contributed by atoms with Crippen molar-refractivity contribution in [1.29, 1.82) is 0 Å². The second-order valence-electron chi connectivity index (χ2n) is 10.1. The van der Waals surface area contributed by atoms with E-state index in [9.17, 15) is 18.8 Å². The minimum atomic E-state index is -0.590. The maximum Gasteiger partial charge on any atom is 0.248 e. The number of nitrogens with zero attached hydrogens (tertiary/aromatic N) is 2. The van der Waals surface area contributed by atoms with Gasteiger partial charge >= 0.3 is 0 Å². The summed E-state index contributed by atoms with van der Waals surface area (Å²) >= 11 is 9.41. The SMILES string of the molecule is CC1CCC[C@H](N2CCC(c3c(Br)ccc(Cl)c3F)=CC2=O)c2cc(ccn2)-c2ccc(C(N)=O)cc2NC1=O. The van der Waals surface area contributed by atoms with Crippen LogP contribution in [0.1, 0.15) is 60.3 Å². The van der Waals surface area contributed by atoms with Crippen molar-refractivity contribution in [3.05, 3.63) is 86.9 Å². The Hall–Kier alpha value is -3.56. The summed E-state index contributed by atoms with van der Waals surface area (Å²) < 4.78 is 15.4. The molecule has 0 fully saturated rings. The summed E-state index contributed by atoms with van der Waals surface area (Å²) in [6, 6.07) is 11.5. The van der Waals surface area contributed by atoms with Gasteiger partial charge in [-0.15, -0.1) is 0 Å². The molecular formula is C30H27BrClFN4O3. The molecule has 2 bridgehead atoms. The lowest BCUT2D eigenvalue weighted by Gasteiger charge is -2.34. The summed E-state index contributed by atoms with van der Waals surface area (Å²) in [5.41, 5.74) is 9.34. The lowest BCUT2D eigenvalue weighted by Crippen LogP contribution is -2.38. The summed E-state index contributed by atoms with van der Waals surface area (Å²) in [6.07, 6.45) is 5.46. The van der Waals surface area contributed by atoms with E-state index in [0.29, 0.717) is 64.8 Å². The maximum absolute atomic E-state index is 14.9. The van der Waals surface area contributed by atoms with Gasteiger partial charge in [-0.25, -0.2) is 4.39 Å². The number of amides is 3. The number of pyridine rings is 1. The molecule has 3 aromatic rings. The standard InChI is InChI=1S/C30H27BrClFN4O3/c1-16-3-2-4-25(37-12-10-18(15-26(37)38)27-21(31)7-8-22(32)28(27)33)24-13-17(9-11-35-24)20-6-5-19(29(34)39)14-23(20)36-30(16)40/h5-9,11,13-16,25H,2-4,10,12H2,1H3,(H2,34,39)(H,36,40)/t16?,25-/m0/s1. The van der Waals surface area contributed by atoms with Crippen molar-refractivity contribution in [3.63, 3.8) is 0 Å². The molecule has 0 aliphatic carbocycles. The number of primary amides is 1. The molecule has 2 aromatic carbocycles. The number of aromatic nitrogens is 1. The molecule has 0 radical (unpaired) electrons. The van der Waals surface area contributed by atoms with Crippen LogP contribution in [0.15, 0.2) is 59.2 Å². The Labute approximate surface area is 244 Å². The van der Waals surface area contributed by atoms with Gasteiger partial charge in [-0.3, -0.25) is 19.4 Å². The predicted molar refractivity (Wildman–Crippen MR) is 156 cm³/mol. The number of nitrogens with two attached hydrogens (primary N) is 1. The molecule has 40 heavy (non-hydrogen) atoms. The van der Waals surface area contributed by atoms with E-state index in [1.54, 1.807) is 35.4 Å². The fourth-order valence-electron chi connectivity index (χ4n) is 5.30. The van der Waals surface area contributed by atoms with Crippen LogP contribution in [0.2, 0.25) is 5.02 Å². The van der Waals surface area contributed by atoms with Crippen LogP contribution in [-0.2, 0) is 9.59 Å². The topological polar surface area (TPSA) is 105 Å². The third-order valence-electron chi connectivity index (χ3n) is 7.50. The van der Waals surface area contributed by atoms with E-state index in [2.05, 4.69) is 26.2 Å². The van der Waals surface area contributed by atoms with Crippen molar-refractivity contribution in [1.82, 2.24) is 9.88 Å². The molecule has 0 spiro atoms. The number of halogens is 3. The largest absolute Gasteiger partial charge is 0.366 e. The predicted octanol–water partition coefficient (Wildman–Crippen LogP) is 6.52. The highest BCUT2D eigenvalue weighted by molar-refractivity contribution is 9.10. The lowest BCUT2D eigenvalue weighted by molar-refractivity contribution is -0.129. The highest BCUT2D eigenvalue weighted by atomic mass is 79.9. The van der Waals surface area contributed by atoms with Crippen LogP contribution in [0.5, 0.6) is 0 Å². The number of carbonyl (C=O) groups excluding carboxylic acids is 3. The van der Waals surface area contributed by atoms with Gasteiger partial charge in [0.25, 0.3) is 0 Å². The fraction of sp³-hybridized carbons (Fsp3) is 0.267. The van der Waals surface area contributed by atoms with Gasteiger partial charge in [0.2, 0.25) is 17.7 Å². The van der Waals surface area contributed by atoms with E-state index >= 15 is 0 Å². The number of anilines is 1. The van der Waals surface area contributed by atoms with E-state index in [1.165, 1.54) is 12.1 Å². The average molecular weight is 626 g/mol. The highest BCUT2D eigenvalue weighted by Crippen LogP contribution is 2.38. The summed E-state index contributed by atoms with van der Waals surface area (Å²) in [4.78, 5) is 44.8. The minimum Gasteiger partial charge on any atom is -0.366 e. The molecule has 2 aliphatic rings. The van der Waals surface area contributed by atoms with Crippen molar-refractivity contribution in [3.8, 4) is 11.1 Å². The van der Waals surface area contributed by atoms with Crippen molar-refractivity contribution in [2.24, 2.45) is 11.7 Å². The molecule has 3 heterocycles. The number of benzene rings is 2. The smallest absolute Gasteiger partial charge is 0.248 e. The first-order valence-corrected chi connectivity index (χ1v) is 14.2. The molecule has 3 N–H and O–H groups in total. The Morgan fingerprint density at radius 3 is 2.73 bits per heavy atom. The number of fused-ring (bicyclic) bond motifs is 4. The van der Waals surface area contributed by atoms with Crippen molar-refractivity contribution in [2.45, 2.75) is 38.6 Å². The van der Waals surface area contributed by atoms with Crippen LogP contribution >= 0.6 is 27.5 Å². The molecule has 206 valence electrons. The molecular weight excluding hydrogens is 599 g/mol. The second-order valence-corrected chi connectivity index (χ2v) is 11.4. The average Bonchev–Trinajstić information content (AvgIpc) is 2.93. The number of rotatable bonds is 3. The first-order valence-electron chi connectivity index (χ1n) is 13.0. The van der Waals surface area contributed by atoms with Crippen LogP contribution in [0.3, 0.4) is 0 Å². The third kappa shape index (κ3) is 5.53. The summed E-state index contributed by atoms with van der Waals surface area (Å²) in [5, 5.41) is 2.96. The zero-order chi connectivity index (χ0) is 28.6. The zero-order valence-corrected chi connectivity index (χ0v) is 24.1. The van der Waals surface area contributed by atoms with Gasteiger partial charge in [0.1, 0.15) is 5.82 Å². The fourth-order valence-corrected chi connectivity index (χ4v) is 6.02. The molecule has 7 nitrogen and oxygen atoms in total. The van der Waals surface area contributed by atoms with Gasteiger partial charge in [-0.2, -0.15) is 0 Å². The van der Waals surface area contributed by atoms with Crippen molar-refractivity contribution < 1.29 is 18.8 Å². The second kappa shape index (κ2) is 11.5. The van der Waals surface area contributed by atoms with Crippen LogP contribution in [0, 0.1) is 11.7 Å². The van der Waals surface area contributed by atoms with Crippen LogP contribution in [0.4, 0.5) is 10.1 Å².